The number of hydrogen-bond acceptors (Lipinski definition) is 11. The molecule has 1 saturated heterocycles. The summed E-state index contributed by atoms with van der Waals surface area (Å²) in [5.74, 6) is -3.52. The summed E-state index contributed by atoms with van der Waals surface area (Å²) in [5.41, 5.74) is 0. The highest BCUT2D eigenvalue weighted by Gasteiger charge is 2.50. The van der Waals surface area contributed by atoms with Crippen LogP contribution in [-0.4, -0.2) is 89.2 Å². The van der Waals surface area contributed by atoms with Gasteiger partial charge in [0.15, 0.2) is 24.6 Å². The van der Waals surface area contributed by atoms with Gasteiger partial charge in [0.25, 0.3) is 0 Å². The lowest BCUT2D eigenvalue weighted by Gasteiger charge is -2.40. The molecule has 0 spiro atoms. The van der Waals surface area contributed by atoms with Crippen molar-refractivity contribution in [3.05, 3.63) is 170 Å². The molecule has 1 aliphatic rings. The molecule has 1 heterocycles. The summed E-state index contributed by atoms with van der Waals surface area (Å²) in [6, 6.07) is 0. The van der Waals surface area contributed by atoms with Gasteiger partial charge in [-0.2, -0.15) is 0 Å². The van der Waals surface area contributed by atoms with Crippen molar-refractivity contribution in [2.75, 3.05) is 13.2 Å². The van der Waals surface area contributed by atoms with Crippen molar-refractivity contribution in [2.24, 2.45) is 0 Å². The number of hydrogen-bond donors (Lipinski definition) is 3. The van der Waals surface area contributed by atoms with E-state index in [0.717, 1.165) is 103 Å². The topological polar surface area (TPSA) is 175 Å². The van der Waals surface area contributed by atoms with E-state index in [1.165, 1.54) is 0 Å². The summed E-state index contributed by atoms with van der Waals surface area (Å²) in [5, 5.41) is 31.4. The molecular weight excluding hydrogens is 973 g/mol. The van der Waals surface area contributed by atoms with Gasteiger partial charge in [-0.15, -0.1) is 0 Å². The number of ether oxygens (including phenoxy) is 5. The molecule has 77 heavy (non-hydrogen) atoms. The highest BCUT2D eigenvalue weighted by atomic mass is 16.7. The maximum atomic E-state index is 13.1. The number of aliphatic carboxylic acids is 1. The Hall–Kier alpha value is -5.92. The average molecular weight is 1070 g/mol. The van der Waals surface area contributed by atoms with Crippen LogP contribution in [0.5, 0.6) is 0 Å². The van der Waals surface area contributed by atoms with Gasteiger partial charge in [0, 0.05) is 6.42 Å². The number of carboxylic acid groups (broad SMARTS) is 1. The molecule has 1 rings (SSSR count). The van der Waals surface area contributed by atoms with E-state index in [0.29, 0.717) is 19.3 Å². The number of rotatable bonds is 44. The van der Waals surface area contributed by atoms with E-state index in [4.69, 9.17) is 23.7 Å². The first-order valence-electron chi connectivity index (χ1n) is 28.1. The molecule has 0 amide bonds. The van der Waals surface area contributed by atoms with Crippen LogP contribution in [0.3, 0.4) is 0 Å². The molecule has 12 nitrogen and oxygen atoms in total. The van der Waals surface area contributed by atoms with Crippen molar-refractivity contribution < 1.29 is 58.2 Å². The van der Waals surface area contributed by atoms with Gasteiger partial charge in [0.05, 0.1) is 19.4 Å². The zero-order valence-corrected chi connectivity index (χ0v) is 46.6. The highest BCUT2D eigenvalue weighted by molar-refractivity contribution is 5.74. The summed E-state index contributed by atoms with van der Waals surface area (Å²) in [6.45, 7) is 5.46. The summed E-state index contributed by atoms with van der Waals surface area (Å²) in [4.78, 5) is 50.9. The standard InChI is InChI=1S/C65H94O12/c1-4-7-10-13-16-19-22-25-28-29-32-33-36-39-42-45-48-51-57(66)73-54-56(75-58(67)52-49-46-43-40-37-34-30-26-23-20-17-14-11-8-5-2)55-74-65-63(61(70)60(69)62(77-65)64(71)72)76-59(68)53-50-47-44-41-38-35-31-27-24-21-18-15-12-9-6-3/h7-12,16-21,25-28,30-33,37-38,40-41,46-47,49-50,56,60-63,65,69-70H,4-6,13-15,22-24,29,34-36,39,42-45,48,51-55H2,1-3H3,(H,71,72)/b10-7-,11-8-,12-9-,19-16-,20-17-,21-18-,28-25-,30-26-,31-27-,33-32-,40-37-,41-38-,49-46-,50-47-. The fourth-order valence-electron chi connectivity index (χ4n) is 7.15. The number of esters is 3. The molecule has 12 heteroatoms. The smallest absolute Gasteiger partial charge is 0.335 e. The molecule has 1 aliphatic heterocycles. The van der Waals surface area contributed by atoms with Crippen LogP contribution in [-0.2, 0) is 42.9 Å². The second kappa shape index (κ2) is 50.9. The van der Waals surface area contributed by atoms with Gasteiger partial charge in [-0.25, -0.2) is 4.79 Å². The molecule has 0 aromatic carbocycles. The molecule has 6 atom stereocenters. The van der Waals surface area contributed by atoms with Gasteiger partial charge in [0.2, 0.25) is 0 Å². The lowest BCUT2D eigenvalue weighted by Crippen LogP contribution is -2.61. The summed E-state index contributed by atoms with van der Waals surface area (Å²) in [7, 11) is 0. The minimum absolute atomic E-state index is 0.0964. The van der Waals surface area contributed by atoms with Gasteiger partial charge in [-0.3, -0.25) is 14.4 Å². The Morgan fingerprint density at radius 2 is 0.818 bits per heavy atom. The fraction of sp³-hybridized carbons (Fsp3) is 0.508. The van der Waals surface area contributed by atoms with E-state index in [-0.39, 0.29) is 19.3 Å². The third-order valence-electron chi connectivity index (χ3n) is 11.3. The van der Waals surface area contributed by atoms with Gasteiger partial charge in [0.1, 0.15) is 18.8 Å². The van der Waals surface area contributed by atoms with E-state index in [1.807, 2.05) is 30.4 Å². The maximum Gasteiger partial charge on any atom is 0.335 e. The first kappa shape index (κ1) is 69.1. The van der Waals surface area contributed by atoms with Crippen LogP contribution in [0.1, 0.15) is 162 Å². The van der Waals surface area contributed by atoms with E-state index < -0.39 is 73.9 Å². The largest absolute Gasteiger partial charge is 0.479 e. The van der Waals surface area contributed by atoms with Crippen molar-refractivity contribution in [3.63, 3.8) is 0 Å². The third kappa shape index (κ3) is 40.9. The number of aliphatic hydroxyl groups excluding tert-OH is 2. The van der Waals surface area contributed by atoms with Crippen molar-refractivity contribution in [2.45, 2.75) is 199 Å². The average Bonchev–Trinajstić information content (AvgIpc) is 3.43. The lowest BCUT2D eigenvalue weighted by molar-refractivity contribution is -0.301. The molecule has 6 unspecified atom stereocenters. The minimum atomic E-state index is -1.96. The van der Waals surface area contributed by atoms with Crippen molar-refractivity contribution >= 4 is 23.9 Å². The minimum Gasteiger partial charge on any atom is -0.479 e. The van der Waals surface area contributed by atoms with Crippen molar-refractivity contribution in [3.8, 4) is 0 Å². The van der Waals surface area contributed by atoms with Gasteiger partial charge in [-0.1, -0.05) is 204 Å². The molecule has 0 radical (unpaired) electrons. The van der Waals surface area contributed by atoms with Crippen LogP contribution in [0.4, 0.5) is 0 Å². The molecule has 426 valence electrons. The Labute approximate surface area is 462 Å². The predicted octanol–water partition coefficient (Wildman–Crippen LogP) is 14.3. The van der Waals surface area contributed by atoms with Crippen LogP contribution < -0.4 is 0 Å². The zero-order chi connectivity index (χ0) is 56.1. The number of aliphatic hydroxyl groups is 2. The molecule has 0 aromatic rings. The molecule has 0 aromatic heterocycles. The number of allylic oxidation sites excluding steroid dienone is 26. The number of carboxylic acids is 1. The molecule has 3 N–H and O–H groups in total. The molecule has 0 bridgehead atoms. The van der Waals surface area contributed by atoms with Crippen LogP contribution in [0.25, 0.3) is 0 Å². The summed E-state index contributed by atoms with van der Waals surface area (Å²) >= 11 is 0. The van der Waals surface area contributed by atoms with E-state index in [2.05, 4.69) is 142 Å². The molecule has 0 aliphatic carbocycles. The summed E-state index contributed by atoms with van der Waals surface area (Å²) < 4.78 is 28.1. The van der Waals surface area contributed by atoms with Gasteiger partial charge >= 0.3 is 23.9 Å². The maximum absolute atomic E-state index is 13.1. The van der Waals surface area contributed by atoms with E-state index in [1.54, 1.807) is 18.2 Å². The van der Waals surface area contributed by atoms with E-state index in [9.17, 15) is 34.5 Å². The summed E-state index contributed by atoms with van der Waals surface area (Å²) in [6.07, 6.45) is 63.8. The Morgan fingerprint density at radius 3 is 1.23 bits per heavy atom. The number of carbonyl (C=O) groups is 4. The Morgan fingerprint density at radius 1 is 0.442 bits per heavy atom. The first-order valence-corrected chi connectivity index (χ1v) is 28.1. The Kier molecular flexibility index (Phi) is 45.6. The van der Waals surface area contributed by atoms with Gasteiger partial charge in [-0.05, 0) is 109 Å². The second-order valence-corrected chi connectivity index (χ2v) is 18.1. The van der Waals surface area contributed by atoms with Crippen molar-refractivity contribution in [1.29, 1.82) is 0 Å². The lowest BCUT2D eigenvalue weighted by atomic mass is 9.98. The van der Waals surface area contributed by atoms with Gasteiger partial charge < -0.3 is 39.0 Å². The predicted molar refractivity (Wildman–Crippen MR) is 312 cm³/mol. The van der Waals surface area contributed by atoms with Crippen LogP contribution in [0, 0.1) is 0 Å². The van der Waals surface area contributed by atoms with Crippen LogP contribution in [0.15, 0.2) is 170 Å². The quantitative estimate of drug-likeness (QED) is 0.0228. The third-order valence-corrected chi connectivity index (χ3v) is 11.3. The Bertz CT molecular complexity index is 1990. The van der Waals surface area contributed by atoms with Crippen LogP contribution in [0.2, 0.25) is 0 Å². The van der Waals surface area contributed by atoms with Crippen molar-refractivity contribution in [1.82, 2.24) is 0 Å². The zero-order valence-electron chi connectivity index (χ0n) is 46.6. The van der Waals surface area contributed by atoms with E-state index >= 15 is 0 Å². The van der Waals surface area contributed by atoms with Crippen LogP contribution >= 0.6 is 0 Å². The molecule has 0 saturated carbocycles. The SMILES string of the molecule is CC/C=C\C/C=C\C/C=C\C/C=C\C/C=C\CC(=O)OC(COC(=O)CCCCCC/C=C\C/C=C\C/C=C\C/C=C\CC)COC1OC(C(=O)O)C(O)C(O)C1OC(=O)C/C=C\C/C=C\C/C=C\C/C=C\C/C=C\CC. The second-order valence-electron chi connectivity index (χ2n) is 18.1. The normalized spacial score (nSPS) is 19.3. The molecule has 1 fully saturated rings. The Balaban J connectivity index is 2.84. The monoisotopic (exact) mass is 1070 g/mol. The molecular formula is C65H94O12. The number of unbranched alkanes of at least 4 members (excludes halogenated alkanes) is 4. The first-order chi connectivity index (χ1) is 37.6. The highest BCUT2D eigenvalue weighted by Crippen LogP contribution is 2.26. The fourth-order valence-corrected chi connectivity index (χ4v) is 7.15. The number of carbonyl (C=O) groups excluding carboxylic acids is 3.